The number of hydrogen-bond donors (Lipinski definition) is 0. The van der Waals surface area contributed by atoms with Crippen LogP contribution < -0.4 is 0 Å². The first-order valence-corrected chi connectivity index (χ1v) is 35.7. The van der Waals surface area contributed by atoms with Gasteiger partial charge in [-0.3, -0.25) is 9.13 Å². The van der Waals surface area contributed by atoms with Crippen molar-refractivity contribution in [3.63, 3.8) is 0 Å². The Bertz CT molecular complexity index is 7970. The van der Waals surface area contributed by atoms with Gasteiger partial charge in [0.25, 0.3) is 0 Å². The summed E-state index contributed by atoms with van der Waals surface area (Å²) in [6.45, 7) is 0. The maximum Gasteiger partial charge on any atom is 0.235 e. The zero-order valence-electron chi connectivity index (χ0n) is 56.3. The minimum Gasteiger partial charge on any atom is -0.456 e. The zero-order valence-corrected chi connectivity index (χ0v) is 56.3. The van der Waals surface area contributed by atoms with Crippen LogP contribution in [0.15, 0.2) is 333 Å². The Balaban J connectivity index is 0.641. The molecule has 490 valence electrons. The minimum absolute atomic E-state index is 0.560. The van der Waals surface area contributed by atoms with E-state index in [2.05, 4.69) is 312 Å². The molecule has 8 aromatic heterocycles. The highest BCUT2D eigenvalue weighted by Gasteiger charge is 2.27. The Morgan fingerprint density at radius 1 is 0.208 bits per heavy atom. The number of rotatable bonds is 7. The van der Waals surface area contributed by atoms with Crippen molar-refractivity contribution in [3.8, 4) is 67.8 Å². The van der Waals surface area contributed by atoms with E-state index in [9.17, 15) is 0 Å². The third-order valence-electron chi connectivity index (χ3n) is 22.1. The molecule has 0 bridgehead atoms. The number of furan rings is 4. The first-order valence-electron chi connectivity index (χ1n) is 35.7. The smallest absolute Gasteiger partial charge is 0.235 e. The molecule has 0 amide bonds. The normalized spacial score (nSPS) is 12.3. The molecule has 0 unspecified atom stereocenters. The minimum atomic E-state index is 0.560. The average Bonchev–Trinajstić information content (AvgIpc) is 1.55. The van der Waals surface area contributed by atoms with Crippen LogP contribution in [-0.2, 0) is 0 Å². The van der Waals surface area contributed by atoms with Gasteiger partial charge in [-0.05, 0) is 153 Å². The molecule has 0 atom stereocenters. The van der Waals surface area contributed by atoms with E-state index < -0.39 is 0 Å². The van der Waals surface area contributed by atoms with E-state index in [0.29, 0.717) is 11.9 Å². The molecule has 0 aliphatic carbocycles. The third kappa shape index (κ3) is 8.31. The maximum absolute atomic E-state index is 7.07. The van der Waals surface area contributed by atoms with E-state index in [1.54, 1.807) is 0 Å². The number of aromatic nitrogens is 6. The highest BCUT2D eigenvalue weighted by Crippen LogP contribution is 2.48. The molecular formula is C96H52N6O4. The van der Waals surface area contributed by atoms with Crippen molar-refractivity contribution in [1.29, 1.82) is 0 Å². The fourth-order valence-electron chi connectivity index (χ4n) is 17.2. The van der Waals surface area contributed by atoms with Crippen LogP contribution in [0.5, 0.6) is 0 Å². The van der Waals surface area contributed by atoms with Gasteiger partial charge in [0.1, 0.15) is 44.7 Å². The van der Waals surface area contributed by atoms with E-state index in [1.165, 1.54) is 0 Å². The zero-order chi connectivity index (χ0) is 69.0. The van der Waals surface area contributed by atoms with Crippen molar-refractivity contribution in [3.05, 3.63) is 315 Å². The fraction of sp³-hybridized carbons (Fsp3) is 0. The Morgan fingerprint density at radius 3 is 1.29 bits per heavy atom. The Hall–Kier alpha value is -14.5. The molecule has 0 aliphatic heterocycles. The molecule has 0 spiro atoms. The number of nitrogens with zero attached hydrogens (tertiary/aromatic N) is 6. The highest BCUT2D eigenvalue weighted by molar-refractivity contribution is 6.28. The monoisotopic (exact) mass is 1350 g/mol. The predicted molar refractivity (Wildman–Crippen MR) is 433 cm³/mol. The van der Waals surface area contributed by atoms with Crippen molar-refractivity contribution in [1.82, 2.24) is 29.1 Å². The van der Waals surface area contributed by atoms with Gasteiger partial charge in [0.15, 0.2) is 0 Å². The molecule has 106 heavy (non-hydrogen) atoms. The standard InChI is InChI=1S/C96H52N6O4/c1-2-18-54(19-3-1)68-45-61(47-75-72-42-56-20-4-6-22-58(56)49-86(72)105-93(68)75)92-65-26-9-14-30-78(65)98-96(100-92)102-79-31-15-10-24-63(79)70-51-74-71-44-60(38-40-84(71)104-88(74)52-82(70)102)53-34-36-55(37-35-53)69-46-62(48-76-73-43-57-21-5-7-23-59(57)50-87(73)106-94(69)76)91-64-25-8-13-29-77(64)97-95(99-91)101-80-32-16-11-27-66(80)89-81(101)39-41-85-90(89)67-28-12-17-33-83(67)103-85/h1-52H. The van der Waals surface area contributed by atoms with Gasteiger partial charge in [-0.1, -0.05) is 200 Å². The second-order valence-electron chi connectivity index (χ2n) is 27.9. The van der Waals surface area contributed by atoms with Crippen LogP contribution >= 0.6 is 0 Å². The lowest BCUT2D eigenvalue weighted by Gasteiger charge is -2.13. The number of para-hydroxylation sites is 5. The van der Waals surface area contributed by atoms with Crippen molar-refractivity contribution < 1.29 is 17.7 Å². The molecule has 24 aromatic rings. The summed E-state index contributed by atoms with van der Waals surface area (Å²) in [7, 11) is 0. The third-order valence-corrected chi connectivity index (χ3v) is 22.1. The molecule has 0 N–H and O–H groups in total. The lowest BCUT2D eigenvalue weighted by atomic mass is 9.94. The summed E-state index contributed by atoms with van der Waals surface area (Å²) in [5.41, 5.74) is 21.9. The maximum atomic E-state index is 7.07. The summed E-state index contributed by atoms with van der Waals surface area (Å²) in [6, 6.07) is 111. The summed E-state index contributed by atoms with van der Waals surface area (Å²) in [4.78, 5) is 22.1. The van der Waals surface area contributed by atoms with Crippen molar-refractivity contribution in [2.24, 2.45) is 0 Å². The number of hydrogen-bond acceptors (Lipinski definition) is 8. The van der Waals surface area contributed by atoms with Crippen LogP contribution in [-0.4, -0.2) is 29.1 Å². The largest absolute Gasteiger partial charge is 0.456 e. The molecule has 24 rings (SSSR count). The van der Waals surface area contributed by atoms with Crippen LogP contribution in [0.1, 0.15) is 0 Å². The molecule has 0 saturated carbocycles. The van der Waals surface area contributed by atoms with Gasteiger partial charge in [-0.25, -0.2) is 19.9 Å². The summed E-state index contributed by atoms with van der Waals surface area (Å²) < 4.78 is 31.7. The lowest BCUT2D eigenvalue weighted by Crippen LogP contribution is -2.03. The molecular weight excluding hydrogens is 1300 g/mol. The quantitative estimate of drug-likeness (QED) is 0.155. The van der Waals surface area contributed by atoms with E-state index in [1.807, 2.05) is 12.1 Å². The predicted octanol–water partition coefficient (Wildman–Crippen LogP) is 26.0. The van der Waals surface area contributed by atoms with Crippen LogP contribution in [0.3, 0.4) is 0 Å². The molecule has 8 heterocycles. The van der Waals surface area contributed by atoms with E-state index >= 15 is 0 Å². The Labute approximate surface area is 601 Å². The molecule has 0 saturated heterocycles. The molecule has 0 radical (unpaired) electrons. The van der Waals surface area contributed by atoms with Crippen LogP contribution in [0.4, 0.5) is 0 Å². The van der Waals surface area contributed by atoms with Gasteiger partial charge in [-0.15, -0.1) is 0 Å². The SMILES string of the molecule is c1ccc(-c2cc(-c3nc(-n4c5ccccc5c5cc6c(cc54)oc4ccc(-c5ccc(-c7cc(-c8nc(-n9c%10ccccc%10c%10c%11c(ccc%109)oc9ccccc9%11)nc9ccccc89)cc8c7oc7cc9ccccc9cc78)cc5)cc46)nc4ccccc34)cc3c2oc2cc4ccccc4cc23)cc1. The summed E-state index contributed by atoms with van der Waals surface area (Å²) >= 11 is 0. The Kier molecular flexibility index (Phi) is 11.6. The van der Waals surface area contributed by atoms with Crippen LogP contribution in [0.25, 0.3) is 243 Å². The van der Waals surface area contributed by atoms with Crippen molar-refractivity contribution in [2.45, 2.75) is 0 Å². The highest BCUT2D eigenvalue weighted by atomic mass is 16.3. The molecule has 10 nitrogen and oxygen atoms in total. The fourth-order valence-corrected chi connectivity index (χ4v) is 17.2. The molecule has 0 fully saturated rings. The van der Waals surface area contributed by atoms with Gasteiger partial charge in [0, 0.05) is 104 Å². The van der Waals surface area contributed by atoms with Crippen molar-refractivity contribution >= 4 is 175 Å². The van der Waals surface area contributed by atoms with E-state index in [-0.39, 0.29) is 0 Å². The van der Waals surface area contributed by atoms with Gasteiger partial charge in [0.2, 0.25) is 11.9 Å². The van der Waals surface area contributed by atoms with Gasteiger partial charge >= 0.3 is 0 Å². The Morgan fingerprint density at radius 2 is 0.651 bits per heavy atom. The second kappa shape index (κ2) is 21.5. The van der Waals surface area contributed by atoms with Gasteiger partial charge in [-0.2, -0.15) is 0 Å². The number of benzene rings is 16. The number of fused-ring (bicyclic) bond motifs is 23. The first-order chi connectivity index (χ1) is 52.5. The molecule has 0 aliphatic rings. The van der Waals surface area contributed by atoms with E-state index in [4.69, 9.17) is 37.6 Å². The first kappa shape index (κ1) is 57.2. The lowest BCUT2D eigenvalue weighted by molar-refractivity contribution is 0.669. The van der Waals surface area contributed by atoms with E-state index in [0.717, 1.165) is 231 Å². The summed E-state index contributed by atoms with van der Waals surface area (Å²) in [5.74, 6) is 1.14. The van der Waals surface area contributed by atoms with Gasteiger partial charge in [0.05, 0.1) is 44.5 Å². The topological polar surface area (TPSA) is 114 Å². The average molecular weight is 1350 g/mol. The summed E-state index contributed by atoms with van der Waals surface area (Å²) in [5, 5.41) is 19.1. The second-order valence-corrected chi connectivity index (χ2v) is 27.9. The molecule has 10 heteroatoms. The van der Waals surface area contributed by atoms with Crippen LogP contribution in [0.2, 0.25) is 0 Å². The van der Waals surface area contributed by atoms with Crippen LogP contribution in [0, 0.1) is 0 Å². The molecule has 16 aromatic carbocycles. The van der Waals surface area contributed by atoms with Crippen molar-refractivity contribution in [2.75, 3.05) is 0 Å². The summed E-state index contributed by atoms with van der Waals surface area (Å²) in [6.07, 6.45) is 0. The van der Waals surface area contributed by atoms with Gasteiger partial charge < -0.3 is 17.7 Å².